The van der Waals surface area contributed by atoms with Crippen molar-refractivity contribution in [3.05, 3.63) is 24.8 Å². The minimum atomic E-state index is -0.0540. The third kappa shape index (κ3) is 6.35. The third-order valence-corrected chi connectivity index (χ3v) is 3.82. The van der Waals surface area contributed by atoms with Crippen LogP contribution >= 0.6 is 0 Å². The van der Waals surface area contributed by atoms with Gasteiger partial charge in [-0.15, -0.1) is 0 Å². The highest BCUT2D eigenvalue weighted by atomic mass is 16.5. The van der Waals surface area contributed by atoms with Crippen molar-refractivity contribution in [2.75, 3.05) is 13.2 Å². The molecule has 0 aromatic rings. The van der Waals surface area contributed by atoms with Gasteiger partial charge in [-0.05, 0) is 31.7 Å². The van der Waals surface area contributed by atoms with E-state index in [-0.39, 0.29) is 6.10 Å². The van der Waals surface area contributed by atoms with Crippen LogP contribution in [0.4, 0.5) is 0 Å². The molecule has 0 radical (unpaired) electrons. The summed E-state index contributed by atoms with van der Waals surface area (Å²) in [6.45, 7) is 5.02. The Morgan fingerprint density at radius 3 is 2.70 bits per heavy atom. The van der Waals surface area contributed by atoms with E-state index in [2.05, 4.69) is 11.7 Å². The zero-order valence-corrected chi connectivity index (χ0v) is 12.5. The molecule has 114 valence electrons. The van der Waals surface area contributed by atoms with E-state index >= 15 is 0 Å². The minimum absolute atomic E-state index is 0.0540. The first-order valence-electron chi connectivity index (χ1n) is 7.67. The molecule has 0 spiro atoms. The first-order chi connectivity index (χ1) is 9.81. The van der Waals surface area contributed by atoms with Crippen LogP contribution in [0.5, 0.6) is 0 Å². The number of rotatable bonds is 9. The van der Waals surface area contributed by atoms with Gasteiger partial charge in [-0.3, -0.25) is 0 Å². The summed E-state index contributed by atoms with van der Waals surface area (Å²) in [7, 11) is 0. The smallest absolute Gasteiger partial charge is 0.101 e. The van der Waals surface area contributed by atoms with E-state index in [9.17, 15) is 0 Å². The molecular formula is C16H29N3O. The van der Waals surface area contributed by atoms with Gasteiger partial charge in [0.25, 0.3) is 0 Å². The quantitative estimate of drug-likeness (QED) is 0.295. The predicted molar refractivity (Wildman–Crippen MR) is 85.6 cm³/mol. The second-order valence-corrected chi connectivity index (χ2v) is 5.38. The second-order valence-electron chi connectivity index (χ2n) is 5.38. The fourth-order valence-corrected chi connectivity index (χ4v) is 2.66. The molecule has 1 rings (SSSR count). The van der Waals surface area contributed by atoms with Crippen molar-refractivity contribution in [1.29, 1.82) is 0 Å². The summed E-state index contributed by atoms with van der Waals surface area (Å²) >= 11 is 0. The van der Waals surface area contributed by atoms with Crippen LogP contribution in [0.25, 0.3) is 0 Å². The molecule has 1 aliphatic carbocycles. The third-order valence-electron chi connectivity index (χ3n) is 3.82. The molecule has 1 aliphatic rings. The lowest BCUT2D eigenvalue weighted by Gasteiger charge is -2.25. The van der Waals surface area contributed by atoms with Crippen molar-refractivity contribution in [2.24, 2.45) is 22.6 Å². The van der Waals surface area contributed by atoms with Gasteiger partial charge in [0, 0.05) is 6.42 Å². The molecule has 1 fully saturated rings. The van der Waals surface area contributed by atoms with Crippen LogP contribution in [0.1, 0.15) is 44.9 Å². The molecule has 0 heterocycles. The van der Waals surface area contributed by atoms with Crippen molar-refractivity contribution in [2.45, 2.75) is 51.0 Å². The predicted octanol–water partition coefficient (Wildman–Crippen LogP) is 2.75. The lowest BCUT2D eigenvalue weighted by molar-refractivity contribution is 0.0570. The van der Waals surface area contributed by atoms with Gasteiger partial charge in [0.15, 0.2) is 0 Å². The normalized spacial score (nSPS) is 19.4. The SMILES string of the molecule is C=C/C=C\CC(OCC1CCCCC1)/C(CCN)=N\N. The topological polar surface area (TPSA) is 73.6 Å². The Labute approximate surface area is 122 Å². The maximum Gasteiger partial charge on any atom is 0.101 e. The maximum atomic E-state index is 6.08. The number of nitrogens with zero attached hydrogens (tertiary/aromatic N) is 1. The van der Waals surface area contributed by atoms with E-state index in [4.69, 9.17) is 16.3 Å². The zero-order valence-electron chi connectivity index (χ0n) is 12.5. The van der Waals surface area contributed by atoms with Gasteiger partial charge in [-0.25, -0.2) is 0 Å². The van der Waals surface area contributed by atoms with Crippen LogP contribution in [0.15, 0.2) is 29.9 Å². The summed E-state index contributed by atoms with van der Waals surface area (Å²) in [5.41, 5.74) is 6.47. The molecule has 1 saturated carbocycles. The maximum absolute atomic E-state index is 6.08. The first kappa shape index (κ1) is 16.9. The van der Waals surface area contributed by atoms with E-state index in [1.54, 1.807) is 6.08 Å². The van der Waals surface area contributed by atoms with Crippen molar-refractivity contribution in [3.8, 4) is 0 Å². The average Bonchev–Trinajstić information content (AvgIpc) is 2.50. The number of ether oxygens (including phenoxy) is 1. The Morgan fingerprint density at radius 1 is 1.35 bits per heavy atom. The fraction of sp³-hybridized carbons (Fsp3) is 0.688. The van der Waals surface area contributed by atoms with Gasteiger partial charge in [0.2, 0.25) is 0 Å². The highest BCUT2D eigenvalue weighted by molar-refractivity contribution is 5.88. The van der Waals surface area contributed by atoms with Gasteiger partial charge >= 0.3 is 0 Å². The van der Waals surface area contributed by atoms with E-state index in [1.165, 1.54) is 32.1 Å². The van der Waals surface area contributed by atoms with E-state index in [1.807, 2.05) is 12.2 Å². The Hall–Kier alpha value is -1.13. The fourth-order valence-electron chi connectivity index (χ4n) is 2.66. The van der Waals surface area contributed by atoms with Gasteiger partial charge in [-0.2, -0.15) is 5.10 Å². The second kappa shape index (κ2) is 10.6. The molecule has 20 heavy (non-hydrogen) atoms. The molecule has 1 unspecified atom stereocenters. The summed E-state index contributed by atoms with van der Waals surface area (Å²) in [6, 6.07) is 0. The van der Waals surface area contributed by atoms with E-state index < -0.39 is 0 Å². The molecule has 0 bridgehead atoms. The number of hydrogen-bond donors (Lipinski definition) is 2. The van der Waals surface area contributed by atoms with E-state index in [0.29, 0.717) is 18.9 Å². The van der Waals surface area contributed by atoms with Gasteiger partial charge in [-0.1, -0.05) is 44.1 Å². The Kier molecular flexibility index (Phi) is 9.00. The molecule has 1 atom stereocenters. The van der Waals surface area contributed by atoms with Crippen LogP contribution in [-0.2, 0) is 4.74 Å². The highest BCUT2D eigenvalue weighted by Crippen LogP contribution is 2.24. The Morgan fingerprint density at radius 2 is 2.10 bits per heavy atom. The largest absolute Gasteiger partial charge is 0.372 e. The molecule has 0 saturated heterocycles. The summed E-state index contributed by atoms with van der Waals surface area (Å²) in [5, 5.41) is 3.87. The van der Waals surface area contributed by atoms with Gasteiger partial charge in [0.1, 0.15) is 6.10 Å². The van der Waals surface area contributed by atoms with E-state index in [0.717, 1.165) is 18.7 Å². The van der Waals surface area contributed by atoms with Crippen LogP contribution in [0.3, 0.4) is 0 Å². The number of allylic oxidation sites excluding steroid dienone is 2. The molecule has 0 amide bonds. The van der Waals surface area contributed by atoms with Crippen LogP contribution in [-0.4, -0.2) is 25.0 Å². The zero-order chi connectivity index (χ0) is 14.6. The van der Waals surface area contributed by atoms with Gasteiger partial charge in [0.05, 0.1) is 12.3 Å². The monoisotopic (exact) mass is 279 g/mol. The average molecular weight is 279 g/mol. The molecule has 4 nitrogen and oxygen atoms in total. The summed E-state index contributed by atoms with van der Waals surface area (Å²) in [4.78, 5) is 0. The molecule has 4 N–H and O–H groups in total. The van der Waals surface area contributed by atoms with Crippen molar-refractivity contribution in [1.82, 2.24) is 0 Å². The van der Waals surface area contributed by atoms with Crippen molar-refractivity contribution < 1.29 is 4.74 Å². The Balaban J connectivity index is 2.51. The minimum Gasteiger partial charge on any atom is -0.372 e. The van der Waals surface area contributed by atoms with Gasteiger partial charge < -0.3 is 16.3 Å². The standard InChI is InChI=1S/C16H29N3O/c1-2-3-5-10-16(15(19-18)11-12-17)20-13-14-8-6-4-7-9-14/h2-3,5,14,16H,1,4,6-13,17-18H2/b5-3-,19-15-. The molecule has 0 aromatic heterocycles. The molecular weight excluding hydrogens is 250 g/mol. The number of hydrazone groups is 1. The van der Waals surface area contributed by atoms with Crippen LogP contribution in [0.2, 0.25) is 0 Å². The number of nitrogens with two attached hydrogens (primary N) is 2. The summed E-state index contributed by atoms with van der Waals surface area (Å²) in [5.74, 6) is 6.17. The lowest BCUT2D eigenvalue weighted by atomic mass is 9.90. The highest BCUT2D eigenvalue weighted by Gasteiger charge is 2.19. The van der Waals surface area contributed by atoms with Crippen LogP contribution in [0, 0.1) is 5.92 Å². The molecule has 4 heteroatoms. The summed E-state index contributed by atoms with van der Waals surface area (Å²) < 4.78 is 6.08. The number of hydrogen-bond acceptors (Lipinski definition) is 4. The van der Waals surface area contributed by atoms with Crippen molar-refractivity contribution in [3.63, 3.8) is 0 Å². The van der Waals surface area contributed by atoms with Crippen LogP contribution < -0.4 is 11.6 Å². The summed E-state index contributed by atoms with van der Waals surface area (Å²) in [6.07, 6.45) is 13.7. The Bertz CT molecular complexity index is 320. The lowest BCUT2D eigenvalue weighted by Crippen LogP contribution is -2.29. The van der Waals surface area contributed by atoms with Crippen molar-refractivity contribution >= 4 is 5.71 Å². The molecule has 0 aliphatic heterocycles. The first-order valence-corrected chi connectivity index (χ1v) is 7.67. The molecule has 0 aromatic carbocycles.